The van der Waals surface area contributed by atoms with Crippen LogP contribution in [-0.2, 0) is 0 Å². The third kappa shape index (κ3) is 1.75. The molecule has 0 N–H and O–H groups in total. The molecule has 1 aliphatic heterocycles. The zero-order valence-electron chi connectivity index (χ0n) is 7.35. The molecule has 0 radical (unpaired) electrons. The Kier molecular flexibility index (Phi) is 2.45. The Morgan fingerprint density at radius 1 is 1.43 bits per heavy atom. The molecule has 2 heterocycles. The topological polar surface area (TPSA) is 46.1 Å². The van der Waals surface area contributed by atoms with Crippen molar-refractivity contribution in [2.75, 3.05) is 6.54 Å². The third-order valence-corrected chi connectivity index (χ3v) is 2.12. The van der Waals surface area contributed by atoms with Crippen LogP contribution in [0.15, 0.2) is 24.7 Å². The number of carbonyl (C=O) groups excluding carboxylic acids is 1. The van der Waals surface area contributed by atoms with Gasteiger partial charge in [-0.3, -0.25) is 4.79 Å². The first-order valence-corrected chi connectivity index (χ1v) is 4.60. The monoisotopic (exact) mass is 209 g/mol. The van der Waals surface area contributed by atoms with E-state index in [0.29, 0.717) is 17.4 Å². The van der Waals surface area contributed by atoms with Crippen LogP contribution >= 0.6 is 11.6 Å². The molecule has 0 spiro atoms. The van der Waals surface area contributed by atoms with Crippen LogP contribution in [0.1, 0.15) is 16.9 Å². The van der Waals surface area contributed by atoms with Gasteiger partial charge in [0.05, 0.1) is 12.4 Å². The molecule has 1 aromatic rings. The highest BCUT2D eigenvalue weighted by Gasteiger charge is 2.16. The first-order chi connectivity index (χ1) is 6.77. The van der Waals surface area contributed by atoms with E-state index in [2.05, 4.69) is 9.97 Å². The average molecular weight is 210 g/mol. The normalized spacial score (nSPS) is 14.8. The standard InChI is InChI=1S/C9H8ClN3O/c10-8-6-11-7(5-12-8)9(14)13-3-1-2-4-13/h1,3,5-6H,2,4H2. The van der Waals surface area contributed by atoms with Crippen molar-refractivity contribution in [3.05, 3.63) is 35.5 Å². The van der Waals surface area contributed by atoms with Gasteiger partial charge < -0.3 is 4.90 Å². The summed E-state index contributed by atoms with van der Waals surface area (Å²) in [5.41, 5.74) is 0.320. The molecular weight excluding hydrogens is 202 g/mol. The lowest BCUT2D eigenvalue weighted by Crippen LogP contribution is -2.24. The van der Waals surface area contributed by atoms with E-state index in [4.69, 9.17) is 11.6 Å². The van der Waals surface area contributed by atoms with Crippen molar-refractivity contribution in [2.45, 2.75) is 6.42 Å². The van der Waals surface area contributed by atoms with E-state index >= 15 is 0 Å². The smallest absolute Gasteiger partial charge is 0.277 e. The number of nitrogens with zero attached hydrogens (tertiary/aromatic N) is 3. The minimum Gasteiger partial charge on any atom is -0.314 e. The lowest BCUT2D eigenvalue weighted by atomic mass is 10.4. The Hall–Kier alpha value is -1.42. The summed E-state index contributed by atoms with van der Waals surface area (Å²) in [6.07, 6.45) is 7.36. The first kappa shape index (κ1) is 9.15. The van der Waals surface area contributed by atoms with Crippen molar-refractivity contribution in [3.63, 3.8) is 0 Å². The van der Waals surface area contributed by atoms with E-state index in [1.54, 1.807) is 11.1 Å². The maximum absolute atomic E-state index is 11.7. The van der Waals surface area contributed by atoms with Crippen LogP contribution in [0.3, 0.4) is 0 Å². The summed E-state index contributed by atoms with van der Waals surface area (Å²) >= 11 is 5.56. The lowest BCUT2D eigenvalue weighted by Gasteiger charge is -2.11. The molecule has 0 fully saturated rings. The highest BCUT2D eigenvalue weighted by atomic mass is 35.5. The fourth-order valence-electron chi connectivity index (χ4n) is 1.23. The fourth-order valence-corrected chi connectivity index (χ4v) is 1.33. The van der Waals surface area contributed by atoms with Crippen LogP contribution in [0.25, 0.3) is 0 Å². The molecule has 0 atom stereocenters. The second-order valence-electron chi connectivity index (χ2n) is 2.90. The Morgan fingerprint density at radius 3 is 2.86 bits per heavy atom. The van der Waals surface area contributed by atoms with E-state index in [9.17, 15) is 4.79 Å². The molecule has 1 aliphatic rings. The van der Waals surface area contributed by atoms with Crippen LogP contribution in [0, 0.1) is 0 Å². The van der Waals surface area contributed by atoms with Crippen molar-refractivity contribution < 1.29 is 4.79 Å². The van der Waals surface area contributed by atoms with E-state index in [-0.39, 0.29) is 5.91 Å². The number of hydrogen-bond donors (Lipinski definition) is 0. The Morgan fingerprint density at radius 2 is 2.29 bits per heavy atom. The van der Waals surface area contributed by atoms with Gasteiger partial charge >= 0.3 is 0 Å². The number of halogens is 1. The molecule has 0 aromatic carbocycles. The van der Waals surface area contributed by atoms with Crippen LogP contribution in [0.4, 0.5) is 0 Å². The summed E-state index contributed by atoms with van der Waals surface area (Å²) in [5, 5.41) is 0.290. The van der Waals surface area contributed by atoms with E-state index in [1.807, 2.05) is 6.08 Å². The summed E-state index contributed by atoms with van der Waals surface area (Å²) in [7, 11) is 0. The number of amides is 1. The second kappa shape index (κ2) is 3.75. The molecular formula is C9H8ClN3O. The van der Waals surface area contributed by atoms with Gasteiger partial charge in [-0.25, -0.2) is 9.97 Å². The SMILES string of the molecule is O=C(c1cnc(Cl)cn1)N1C=CCC1. The summed E-state index contributed by atoms with van der Waals surface area (Å²) in [6.45, 7) is 0.711. The summed E-state index contributed by atoms with van der Waals surface area (Å²) in [4.78, 5) is 21.0. The van der Waals surface area contributed by atoms with Crippen molar-refractivity contribution in [1.29, 1.82) is 0 Å². The minimum atomic E-state index is -0.136. The lowest BCUT2D eigenvalue weighted by molar-refractivity contribution is 0.0827. The number of rotatable bonds is 1. The van der Waals surface area contributed by atoms with Gasteiger partial charge in [-0.1, -0.05) is 17.7 Å². The Balaban J connectivity index is 2.18. The van der Waals surface area contributed by atoms with Gasteiger partial charge in [-0.2, -0.15) is 0 Å². The van der Waals surface area contributed by atoms with Crippen molar-refractivity contribution >= 4 is 17.5 Å². The van der Waals surface area contributed by atoms with Gasteiger partial charge in [-0.05, 0) is 6.42 Å². The number of aromatic nitrogens is 2. The molecule has 5 heteroatoms. The van der Waals surface area contributed by atoms with Crippen LogP contribution in [-0.4, -0.2) is 27.3 Å². The largest absolute Gasteiger partial charge is 0.314 e. The molecule has 0 saturated carbocycles. The molecule has 2 rings (SSSR count). The zero-order valence-corrected chi connectivity index (χ0v) is 8.11. The average Bonchev–Trinajstić information content (AvgIpc) is 2.71. The first-order valence-electron chi connectivity index (χ1n) is 4.22. The van der Waals surface area contributed by atoms with Crippen molar-refractivity contribution in [2.24, 2.45) is 0 Å². The zero-order chi connectivity index (χ0) is 9.97. The van der Waals surface area contributed by atoms with Crippen molar-refractivity contribution in [1.82, 2.24) is 14.9 Å². The van der Waals surface area contributed by atoms with Crippen molar-refractivity contribution in [3.8, 4) is 0 Å². The predicted octanol–water partition coefficient (Wildman–Crippen LogP) is 1.49. The van der Waals surface area contributed by atoms with E-state index in [0.717, 1.165) is 6.42 Å². The number of hydrogen-bond acceptors (Lipinski definition) is 3. The van der Waals surface area contributed by atoms with E-state index in [1.165, 1.54) is 12.4 Å². The van der Waals surface area contributed by atoms with Gasteiger partial charge in [0.1, 0.15) is 10.8 Å². The molecule has 0 aliphatic carbocycles. The van der Waals surface area contributed by atoms with Gasteiger partial charge in [0.2, 0.25) is 0 Å². The molecule has 1 amide bonds. The molecule has 14 heavy (non-hydrogen) atoms. The maximum Gasteiger partial charge on any atom is 0.277 e. The van der Waals surface area contributed by atoms with Crippen LogP contribution in [0.5, 0.6) is 0 Å². The predicted molar refractivity (Wildman–Crippen MR) is 51.8 cm³/mol. The highest BCUT2D eigenvalue weighted by Crippen LogP contribution is 2.09. The maximum atomic E-state index is 11.7. The molecule has 4 nitrogen and oxygen atoms in total. The van der Waals surface area contributed by atoms with Gasteiger partial charge in [0.15, 0.2) is 0 Å². The van der Waals surface area contributed by atoms with Gasteiger partial charge in [0.25, 0.3) is 5.91 Å². The minimum absolute atomic E-state index is 0.136. The highest BCUT2D eigenvalue weighted by molar-refractivity contribution is 6.29. The molecule has 0 unspecified atom stereocenters. The van der Waals surface area contributed by atoms with Crippen LogP contribution < -0.4 is 0 Å². The quantitative estimate of drug-likeness (QED) is 0.704. The van der Waals surface area contributed by atoms with Gasteiger partial charge in [-0.15, -0.1) is 0 Å². The Labute approximate surface area is 86.2 Å². The summed E-state index contributed by atoms with van der Waals surface area (Å²) in [6, 6.07) is 0. The Bertz CT molecular complexity index is 374. The third-order valence-electron chi connectivity index (χ3n) is 1.92. The van der Waals surface area contributed by atoms with E-state index < -0.39 is 0 Å². The van der Waals surface area contributed by atoms with Crippen LogP contribution in [0.2, 0.25) is 5.15 Å². The summed E-state index contributed by atoms with van der Waals surface area (Å²) in [5.74, 6) is -0.136. The molecule has 0 saturated heterocycles. The molecule has 1 aromatic heterocycles. The summed E-state index contributed by atoms with van der Waals surface area (Å²) < 4.78 is 0. The molecule has 0 bridgehead atoms. The molecule has 72 valence electrons. The second-order valence-corrected chi connectivity index (χ2v) is 3.28. The fraction of sp³-hybridized carbons (Fsp3) is 0.222. The van der Waals surface area contributed by atoms with Gasteiger partial charge in [0, 0.05) is 12.7 Å². The number of carbonyl (C=O) groups is 1.